The van der Waals surface area contributed by atoms with Gasteiger partial charge >= 0.3 is 12.1 Å². The molecule has 2 aromatic carbocycles. The Balaban J connectivity index is 1.66. The van der Waals surface area contributed by atoms with Gasteiger partial charge in [0, 0.05) is 6.54 Å². The van der Waals surface area contributed by atoms with Gasteiger partial charge in [0.25, 0.3) is 5.91 Å². The number of carbonyl (C=O) groups excluding carboxylic acids is 2. The maximum atomic E-state index is 12.6. The summed E-state index contributed by atoms with van der Waals surface area (Å²) in [5, 5.41) is 2.60. The number of ether oxygens (including phenoxy) is 2. The summed E-state index contributed by atoms with van der Waals surface area (Å²) in [5.74, 6) is -1.45. The van der Waals surface area contributed by atoms with Crippen molar-refractivity contribution >= 4 is 11.9 Å². The predicted molar refractivity (Wildman–Crippen MR) is 91.1 cm³/mol. The molecule has 0 saturated heterocycles. The zero-order chi connectivity index (χ0) is 19.7. The summed E-state index contributed by atoms with van der Waals surface area (Å²) in [6.07, 6.45) is -3.86. The lowest BCUT2D eigenvalue weighted by atomic mass is 10.1. The van der Waals surface area contributed by atoms with Crippen molar-refractivity contribution in [3.8, 4) is 5.75 Å². The molecule has 1 N–H and O–H groups in total. The van der Waals surface area contributed by atoms with Crippen molar-refractivity contribution in [2.75, 3.05) is 19.8 Å². The third kappa shape index (κ3) is 7.39. The van der Waals surface area contributed by atoms with Crippen molar-refractivity contribution < 1.29 is 32.2 Å². The molecule has 0 spiro atoms. The quantitative estimate of drug-likeness (QED) is 0.714. The van der Waals surface area contributed by atoms with Gasteiger partial charge in [-0.3, -0.25) is 4.79 Å². The summed E-state index contributed by atoms with van der Waals surface area (Å²) in [7, 11) is 0. The first-order valence-electron chi connectivity index (χ1n) is 8.11. The van der Waals surface area contributed by atoms with Crippen LogP contribution < -0.4 is 10.1 Å². The Morgan fingerprint density at radius 1 is 0.963 bits per heavy atom. The summed E-state index contributed by atoms with van der Waals surface area (Å²) in [6, 6.07) is 13.7. The van der Waals surface area contributed by atoms with Gasteiger partial charge in [-0.15, -0.1) is 0 Å². The van der Waals surface area contributed by atoms with Crippen LogP contribution in [0.2, 0.25) is 0 Å². The number of alkyl halides is 3. The Kier molecular flexibility index (Phi) is 7.22. The lowest BCUT2D eigenvalue weighted by Crippen LogP contribution is -2.31. The minimum absolute atomic E-state index is 0.117. The fourth-order valence-corrected chi connectivity index (χ4v) is 2.13. The third-order valence-electron chi connectivity index (χ3n) is 3.46. The molecular formula is C19H18F3NO4. The van der Waals surface area contributed by atoms with E-state index in [0.717, 1.165) is 17.7 Å². The Labute approximate surface area is 154 Å². The Morgan fingerprint density at radius 3 is 2.41 bits per heavy atom. The molecule has 0 heterocycles. The van der Waals surface area contributed by atoms with Gasteiger partial charge in [-0.1, -0.05) is 36.4 Å². The molecule has 0 aromatic heterocycles. The second-order valence-electron chi connectivity index (χ2n) is 5.56. The largest absolute Gasteiger partial charge is 0.482 e. The normalized spacial score (nSPS) is 10.9. The maximum Gasteiger partial charge on any atom is 0.416 e. The zero-order valence-corrected chi connectivity index (χ0v) is 14.3. The molecule has 27 heavy (non-hydrogen) atoms. The van der Waals surface area contributed by atoms with E-state index >= 15 is 0 Å². The van der Waals surface area contributed by atoms with Crippen LogP contribution in [0.1, 0.15) is 11.1 Å². The topological polar surface area (TPSA) is 64.6 Å². The van der Waals surface area contributed by atoms with E-state index in [0.29, 0.717) is 13.0 Å². The number of hydrogen-bond donors (Lipinski definition) is 1. The van der Waals surface area contributed by atoms with Crippen LogP contribution in [0.5, 0.6) is 5.75 Å². The molecule has 0 radical (unpaired) electrons. The SMILES string of the molecule is O=C(COC(=O)COc1cccc(C(F)(F)F)c1)NCCc1ccccc1. The summed E-state index contributed by atoms with van der Waals surface area (Å²) in [4.78, 5) is 23.2. The Morgan fingerprint density at radius 2 is 1.70 bits per heavy atom. The molecule has 5 nitrogen and oxygen atoms in total. The number of rotatable bonds is 8. The molecular weight excluding hydrogens is 363 g/mol. The van der Waals surface area contributed by atoms with E-state index in [4.69, 9.17) is 9.47 Å². The lowest BCUT2D eigenvalue weighted by Gasteiger charge is -2.10. The average molecular weight is 381 g/mol. The minimum Gasteiger partial charge on any atom is -0.482 e. The number of halogens is 3. The molecule has 0 aliphatic rings. The van der Waals surface area contributed by atoms with Crippen molar-refractivity contribution in [3.05, 3.63) is 65.7 Å². The van der Waals surface area contributed by atoms with E-state index in [1.807, 2.05) is 30.3 Å². The molecule has 1 amide bonds. The predicted octanol–water partition coefficient (Wildman–Crippen LogP) is 2.99. The van der Waals surface area contributed by atoms with Gasteiger partial charge in [-0.25, -0.2) is 4.79 Å². The van der Waals surface area contributed by atoms with Crippen molar-refractivity contribution in [2.45, 2.75) is 12.6 Å². The smallest absolute Gasteiger partial charge is 0.416 e. The molecule has 0 bridgehead atoms. The van der Waals surface area contributed by atoms with Crippen molar-refractivity contribution in [3.63, 3.8) is 0 Å². The summed E-state index contributed by atoms with van der Waals surface area (Å²) >= 11 is 0. The van der Waals surface area contributed by atoms with Crippen LogP contribution in [-0.4, -0.2) is 31.6 Å². The van der Waals surface area contributed by atoms with Gasteiger partial charge in [0.2, 0.25) is 0 Å². The number of carbonyl (C=O) groups is 2. The molecule has 0 unspecified atom stereocenters. The van der Waals surface area contributed by atoms with Crippen LogP contribution in [0.4, 0.5) is 13.2 Å². The molecule has 0 aliphatic heterocycles. The van der Waals surface area contributed by atoms with E-state index in [1.165, 1.54) is 12.1 Å². The van der Waals surface area contributed by atoms with Crippen molar-refractivity contribution in [1.29, 1.82) is 0 Å². The maximum absolute atomic E-state index is 12.6. The van der Waals surface area contributed by atoms with Gasteiger partial charge in [0.05, 0.1) is 5.56 Å². The Bertz CT molecular complexity index is 763. The highest BCUT2D eigenvalue weighted by Gasteiger charge is 2.30. The van der Waals surface area contributed by atoms with Gasteiger partial charge in [-0.05, 0) is 30.2 Å². The van der Waals surface area contributed by atoms with E-state index in [9.17, 15) is 22.8 Å². The molecule has 0 fully saturated rings. The summed E-state index contributed by atoms with van der Waals surface area (Å²) in [5.41, 5.74) is 0.176. The molecule has 8 heteroatoms. The third-order valence-corrected chi connectivity index (χ3v) is 3.46. The standard InChI is InChI=1S/C19H18F3NO4/c20-19(21,22)15-7-4-8-16(11-15)26-13-18(25)27-12-17(24)23-10-9-14-5-2-1-3-6-14/h1-8,11H,9-10,12-13H2,(H,23,24). The van der Waals surface area contributed by atoms with Gasteiger partial charge < -0.3 is 14.8 Å². The molecule has 0 saturated carbocycles. The van der Waals surface area contributed by atoms with E-state index < -0.39 is 36.8 Å². The van der Waals surface area contributed by atoms with Crippen LogP contribution in [0.3, 0.4) is 0 Å². The molecule has 2 rings (SSSR count). The fourth-order valence-electron chi connectivity index (χ4n) is 2.13. The van der Waals surface area contributed by atoms with E-state index in [2.05, 4.69) is 5.32 Å². The lowest BCUT2D eigenvalue weighted by molar-refractivity contribution is -0.150. The number of nitrogens with one attached hydrogen (secondary N) is 1. The van der Waals surface area contributed by atoms with Gasteiger partial charge in [-0.2, -0.15) is 13.2 Å². The monoisotopic (exact) mass is 381 g/mol. The highest BCUT2D eigenvalue weighted by Crippen LogP contribution is 2.31. The molecule has 144 valence electrons. The van der Waals surface area contributed by atoms with Crippen molar-refractivity contribution in [1.82, 2.24) is 5.32 Å². The fraction of sp³-hybridized carbons (Fsp3) is 0.263. The van der Waals surface area contributed by atoms with Gasteiger partial charge in [0.1, 0.15) is 5.75 Å². The first kappa shape index (κ1) is 20.3. The zero-order valence-electron chi connectivity index (χ0n) is 14.3. The Hall–Kier alpha value is -3.03. The van der Waals surface area contributed by atoms with E-state index in [1.54, 1.807) is 0 Å². The highest BCUT2D eigenvalue weighted by atomic mass is 19.4. The van der Waals surface area contributed by atoms with Crippen LogP contribution >= 0.6 is 0 Å². The second kappa shape index (κ2) is 9.61. The minimum atomic E-state index is -4.50. The van der Waals surface area contributed by atoms with Crippen LogP contribution in [0.15, 0.2) is 54.6 Å². The number of hydrogen-bond acceptors (Lipinski definition) is 4. The summed E-state index contributed by atoms with van der Waals surface area (Å²) < 4.78 is 47.5. The number of benzene rings is 2. The van der Waals surface area contributed by atoms with Gasteiger partial charge in [0.15, 0.2) is 13.2 Å². The average Bonchev–Trinajstić information content (AvgIpc) is 2.65. The molecule has 0 aliphatic carbocycles. The first-order valence-corrected chi connectivity index (χ1v) is 8.11. The van der Waals surface area contributed by atoms with Crippen molar-refractivity contribution in [2.24, 2.45) is 0 Å². The van der Waals surface area contributed by atoms with E-state index in [-0.39, 0.29) is 5.75 Å². The second-order valence-corrected chi connectivity index (χ2v) is 5.56. The highest BCUT2D eigenvalue weighted by molar-refractivity contribution is 5.80. The van der Waals surface area contributed by atoms with Crippen LogP contribution in [0, 0.1) is 0 Å². The first-order chi connectivity index (χ1) is 12.8. The van der Waals surface area contributed by atoms with Crippen LogP contribution in [0.25, 0.3) is 0 Å². The molecule has 0 atom stereocenters. The number of esters is 1. The van der Waals surface area contributed by atoms with Crippen LogP contribution in [-0.2, 0) is 26.9 Å². The number of amides is 1. The summed E-state index contributed by atoms with van der Waals surface area (Å²) in [6.45, 7) is -0.695. The molecule has 2 aromatic rings.